The van der Waals surface area contributed by atoms with Crippen molar-refractivity contribution in [3.05, 3.63) is 47.3 Å². The van der Waals surface area contributed by atoms with Gasteiger partial charge in [0.1, 0.15) is 11.6 Å². The quantitative estimate of drug-likeness (QED) is 0.782. The van der Waals surface area contributed by atoms with E-state index in [9.17, 15) is 9.18 Å². The summed E-state index contributed by atoms with van der Waals surface area (Å²) >= 11 is 5.75. The van der Waals surface area contributed by atoms with E-state index >= 15 is 0 Å². The highest BCUT2D eigenvalue weighted by Gasteiger charge is 2.19. The molecule has 122 valence electrons. The number of benzene rings is 1. The van der Waals surface area contributed by atoms with E-state index in [0.29, 0.717) is 34.9 Å². The van der Waals surface area contributed by atoms with Gasteiger partial charge in [-0.25, -0.2) is 14.4 Å². The SMILES string of the molecule is CC(C)(C)N(C=O)CCc1ncc(-c2ccc(Cl)cc2F)cn1. The van der Waals surface area contributed by atoms with Crippen LogP contribution in [0.2, 0.25) is 5.02 Å². The van der Waals surface area contributed by atoms with Gasteiger partial charge in [-0.15, -0.1) is 0 Å². The summed E-state index contributed by atoms with van der Waals surface area (Å²) in [5.74, 6) is 0.202. The third-order valence-electron chi connectivity index (χ3n) is 3.51. The van der Waals surface area contributed by atoms with Crippen LogP contribution in [-0.4, -0.2) is 33.4 Å². The first-order valence-electron chi connectivity index (χ1n) is 7.29. The Bertz CT molecular complexity index is 683. The van der Waals surface area contributed by atoms with Crippen LogP contribution >= 0.6 is 11.6 Å². The van der Waals surface area contributed by atoms with Gasteiger partial charge in [0.15, 0.2) is 0 Å². The van der Waals surface area contributed by atoms with Crippen LogP contribution in [0.15, 0.2) is 30.6 Å². The van der Waals surface area contributed by atoms with Crippen molar-refractivity contribution in [2.24, 2.45) is 0 Å². The molecule has 0 aliphatic carbocycles. The molecule has 0 radical (unpaired) electrons. The Hall–Kier alpha value is -2.01. The summed E-state index contributed by atoms with van der Waals surface area (Å²) in [5, 5.41) is 0.347. The molecule has 0 saturated carbocycles. The van der Waals surface area contributed by atoms with Crippen molar-refractivity contribution >= 4 is 18.0 Å². The van der Waals surface area contributed by atoms with Gasteiger partial charge < -0.3 is 4.90 Å². The van der Waals surface area contributed by atoms with E-state index in [0.717, 1.165) is 6.41 Å². The first-order chi connectivity index (χ1) is 10.8. The Kier molecular flexibility index (Phi) is 5.31. The zero-order valence-electron chi connectivity index (χ0n) is 13.4. The molecular formula is C17H19ClFN3O. The van der Waals surface area contributed by atoms with Gasteiger partial charge >= 0.3 is 0 Å². The third kappa shape index (κ3) is 4.48. The molecule has 1 amide bonds. The minimum atomic E-state index is -0.409. The van der Waals surface area contributed by atoms with Crippen LogP contribution in [0, 0.1) is 5.82 Å². The van der Waals surface area contributed by atoms with Crippen molar-refractivity contribution in [3.63, 3.8) is 0 Å². The van der Waals surface area contributed by atoms with Gasteiger partial charge in [-0.2, -0.15) is 0 Å². The molecule has 4 nitrogen and oxygen atoms in total. The molecule has 0 unspecified atom stereocenters. The molecule has 0 atom stereocenters. The molecule has 0 N–H and O–H groups in total. The Morgan fingerprint density at radius 2 is 1.91 bits per heavy atom. The molecule has 1 heterocycles. The first kappa shape index (κ1) is 17.3. The maximum atomic E-state index is 13.9. The molecule has 0 bridgehead atoms. The molecule has 2 rings (SSSR count). The molecule has 2 aromatic rings. The summed E-state index contributed by atoms with van der Waals surface area (Å²) in [5.41, 5.74) is 0.754. The zero-order valence-corrected chi connectivity index (χ0v) is 14.1. The van der Waals surface area contributed by atoms with Crippen LogP contribution in [0.3, 0.4) is 0 Å². The standard InChI is InChI=1S/C17H19ClFN3O/c1-17(2,3)22(11-23)7-6-16-20-9-12(10-21-16)14-5-4-13(18)8-15(14)19/h4-5,8-11H,6-7H2,1-3H3. The maximum absolute atomic E-state index is 13.9. The molecule has 1 aromatic carbocycles. The van der Waals surface area contributed by atoms with Crippen LogP contribution in [0.1, 0.15) is 26.6 Å². The highest BCUT2D eigenvalue weighted by molar-refractivity contribution is 6.30. The summed E-state index contributed by atoms with van der Waals surface area (Å²) in [6, 6.07) is 4.49. The van der Waals surface area contributed by atoms with Crippen LogP contribution in [-0.2, 0) is 11.2 Å². The Morgan fingerprint density at radius 1 is 1.26 bits per heavy atom. The third-order valence-corrected chi connectivity index (χ3v) is 3.75. The number of rotatable bonds is 5. The van der Waals surface area contributed by atoms with Gasteiger partial charge in [0.25, 0.3) is 0 Å². The number of aromatic nitrogens is 2. The van der Waals surface area contributed by atoms with Crippen LogP contribution in [0.4, 0.5) is 4.39 Å². The fourth-order valence-electron chi connectivity index (χ4n) is 2.11. The van der Waals surface area contributed by atoms with Crippen molar-refractivity contribution in [2.75, 3.05) is 6.54 Å². The number of carbonyl (C=O) groups excluding carboxylic acids is 1. The summed E-state index contributed by atoms with van der Waals surface area (Å²) in [6.45, 7) is 6.43. The zero-order chi connectivity index (χ0) is 17.0. The molecular weight excluding hydrogens is 317 g/mol. The van der Waals surface area contributed by atoms with E-state index in [4.69, 9.17) is 11.6 Å². The molecule has 0 aliphatic rings. The molecule has 1 aromatic heterocycles. The normalized spacial score (nSPS) is 11.3. The predicted octanol–water partition coefficient (Wildman–Crippen LogP) is 3.74. The fraction of sp³-hybridized carbons (Fsp3) is 0.353. The van der Waals surface area contributed by atoms with Crippen molar-refractivity contribution in [1.29, 1.82) is 0 Å². The van der Waals surface area contributed by atoms with E-state index in [1.807, 2.05) is 20.8 Å². The lowest BCUT2D eigenvalue weighted by molar-refractivity contribution is -0.122. The van der Waals surface area contributed by atoms with Crippen molar-refractivity contribution < 1.29 is 9.18 Å². The fourth-order valence-corrected chi connectivity index (χ4v) is 2.27. The van der Waals surface area contributed by atoms with E-state index in [2.05, 4.69) is 9.97 Å². The average molecular weight is 336 g/mol. The van der Waals surface area contributed by atoms with Crippen molar-refractivity contribution in [3.8, 4) is 11.1 Å². The topological polar surface area (TPSA) is 46.1 Å². The predicted molar refractivity (Wildman–Crippen MR) is 88.7 cm³/mol. The lowest BCUT2D eigenvalue weighted by Gasteiger charge is -2.31. The number of carbonyl (C=O) groups is 1. The summed E-state index contributed by atoms with van der Waals surface area (Å²) < 4.78 is 13.9. The molecule has 0 spiro atoms. The number of amides is 1. The summed E-state index contributed by atoms with van der Waals surface area (Å²) in [4.78, 5) is 21.3. The minimum absolute atomic E-state index is 0.242. The van der Waals surface area contributed by atoms with Gasteiger partial charge in [-0.3, -0.25) is 4.79 Å². The van der Waals surface area contributed by atoms with Crippen LogP contribution in [0.25, 0.3) is 11.1 Å². The van der Waals surface area contributed by atoms with Gasteiger partial charge in [0.2, 0.25) is 6.41 Å². The van der Waals surface area contributed by atoms with E-state index < -0.39 is 5.82 Å². The summed E-state index contributed by atoms with van der Waals surface area (Å²) in [7, 11) is 0. The van der Waals surface area contributed by atoms with Gasteiger partial charge in [0.05, 0.1) is 0 Å². The highest BCUT2D eigenvalue weighted by Crippen LogP contribution is 2.24. The lowest BCUT2D eigenvalue weighted by atomic mass is 10.1. The average Bonchev–Trinajstić information content (AvgIpc) is 2.47. The van der Waals surface area contributed by atoms with E-state index in [-0.39, 0.29) is 5.54 Å². The molecule has 0 aliphatic heterocycles. The second-order valence-corrected chi connectivity index (χ2v) is 6.67. The van der Waals surface area contributed by atoms with Crippen LogP contribution in [0.5, 0.6) is 0 Å². The molecule has 6 heteroatoms. The van der Waals surface area contributed by atoms with E-state index in [1.165, 1.54) is 6.07 Å². The lowest BCUT2D eigenvalue weighted by Crippen LogP contribution is -2.41. The number of nitrogens with zero attached hydrogens (tertiary/aromatic N) is 3. The van der Waals surface area contributed by atoms with Gasteiger partial charge in [0, 0.05) is 47.0 Å². The summed E-state index contributed by atoms with van der Waals surface area (Å²) in [6.07, 6.45) is 4.53. The maximum Gasteiger partial charge on any atom is 0.210 e. The largest absolute Gasteiger partial charge is 0.340 e. The minimum Gasteiger partial charge on any atom is -0.340 e. The number of hydrogen-bond acceptors (Lipinski definition) is 3. The second-order valence-electron chi connectivity index (χ2n) is 6.23. The van der Waals surface area contributed by atoms with Gasteiger partial charge in [-0.05, 0) is 39.0 Å². The van der Waals surface area contributed by atoms with Crippen molar-refractivity contribution in [2.45, 2.75) is 32.7 Å². The Labute approximate surface area is 140 Å². The molecule has 0 fully saturated rings. The smallest absolute Gasteiger partial charge is 0.210 e. The number of halogens is 2. The molecule has 23 heavy (non-hydrogen) atoms. The van der Waals surface area contributed by atoms with Crippen LogP contribution < -0.4 is 0 Å². The second kappa shape index (κ2) is 7.04. The van der Waals surface area contributed by atoms with E-state index in [1.54, 1.807) is 29.4 Å². The highest BCUT2D eigenvalue weighted by atomic mass is 35.5. The first-order valence-corrected chi connectivity index (χ1v) is 7.67. The Morgan fingerprint density at radius 3 is 2.43 bits per heavy atom. The van der Waals surface area contributed by atoms with Gasteiger partial charge in [-0.1, -0.05) is 11.6 Å². The molecule has 0 saturated heterocycles. The van der Waals surface area contributed by atoms with Crippen molar-refractivity contribution in [1.82, 2.24) is 14.9 Å². The Balaban J connectivity index is 2.09. The monoisotopic (exact) mass is 335 g/mol. The number of hydrogen-bond donors (Lipinski definition) is 0.